The molecule has 0 radical (unpaired) electrons. The van der Waals surface area contributed by atoms with Crippen molar-refractivity contribution in [1.29, 1.82) is 0 Å². The standard InChI is InChI=1S/C6H7BrN2/c1-4-3-6(7)9-5(2)8-4/h3H,1-2H3/i1D3,2D3. The summed E-state index contributed by atoms with van der Waals surface area (Å²) in [4.78, 5) is 7.12. The van der Waals surface area contributed by atoms with Gasteiger partial charge in [0.15, 0.2) is 0 Å². The Morgan fingerprint density at radius 3 is 3.11 bits per heavy atom. The van der Waals surface area contributed by atoms with Crippen LogP contribution in [0.3, 0.4) is 0 Å². The molecular weight excluding hydrogens is 180 g/mol. The Balaban J connectivity index is 3.30. The molecule has 0 spiro atoms. The number of hydrogen-bond acceptors (Lipinski definition) is 2. The van der Waals surface area contributed by atoms with E-state index in [9.17, 15) is 0 Å². The van der Waals surface area contributed by atoms with Crippen molar-refractivity contribution in [1.82, 2.24) is 9.97 Å². The topological polar surface area (TPSA) is 25.8 Å². The van der Waals surface area contributed by atoms with Gasteiger partial charge in [0.05, 0.1) is 0 Å². The van der Waals surface area contributed by atoms with Crippen molar-refractivity contribution in [2.24, 2.45) is 0 Å². The lowest BCUT2D eigenvalue weighted by Gasteiger charge is -1.93. The van der Waals surface area contributed by atoms with Crippen LogP contribution in [0.15, 0.2) is 10.7 Å². The Hall–Kier alpha value is -0.440. The van der Waals surface area contributed by atoms with E-state index in [0.29, 0.717) is 0 Å². The zero-order chi connectivity index (χ0) is 11.9. The van der Waals surface area contributed by atoms with Crippen molar-refractivity contribution in [2.45, 2.75) is 13.7 Å². The normalized spacial score (nSPS) is 22.3. The predicted octanol–water partition coefficient (Wildman–Crippen LogP) is 1.86. The number of halogens is 1. The van der Waals surface area contributed by atoms with Gasteiger partial charge in [-0.15, -0.1) is 0 Å². The maximum Gasteiger partial charge on any atom is 0.126 e. The van der Waals surface area contributed by atoms with E-state index in [0.717, 1.165) is 0 Å². The molecule has 0 amide bonds. The Kier molecular flexibility index (Phi) is 0.624. The van der Waals surface area contributed by atoms with Crippen LogP contribution in [0.2, 0.25) is 0 Å². The van der Waals surface area contributed by atoms with Gasteiger partial charge in [-0.2, -0.15) is 0 Å². The largest absolute Gasteiger partial charge is 0.238 e. The molecule has 0 atom stereocenters. The maximum absolute atomic E-state index is 7.11. The molecule has 1 heterocycles. The van der Waals surface area contributed by atoms with Gasteiger partial charge in [0.25, 0.3) is 0 Å². The minimum atomic E-state index is -2.51. The first-order valence-electron chi connectivity index (χ1n) is 5.16. The highest BCUT2D eigenvalue weighted by Gasteiger charge is 1.91. The Labute approximate surface area is 70.9 Å². The Morgan fingerprint density at radius 1 is 1.56 bits per heavy atom. The van der Waals surface area contributed by atoms with E-state index < -0.39 is 19.5 Å². The van der Waals surface area contributed by atoms with Gasteiger partial charge in [-0.05, 0) is 35.7 Å². The van der Waals surface area contributed by atoms with Gasteiger partial charge in [-0.1, -0.05) is 0 Å². The van der Waals surface area contributed by atoms with Gasteiger partial charge < -0.3 is 0 Å². The summed E-state index contributed by atoms with van der Waals surface area (Å²) in [7, 11) is 0. The molecule has 1 rings (SSSR count). The predicted molar refractivity (Wildman–Crippen MR) is 39.2 cm³/mol. The van der Waals surface area contributed by atoms with E-state index >= 15 is 0 Å². The van der Waals surface area contributed by atoms with Gasteiger partial charge in [0, 0.05) is 13.9 Å². The van der Waals surface area contributed by atoms with Crippen LogP contribution in [0, 0.1) is 13.7 Å². The fourth-order valence-corrected chi connectivity index (χ4v) is 0.802. The van der Waals surface area contributed by atoms with E-state index in [4.69, 9.17) is 8.22 Å². The van der Waals surface area contributed by atoms with Crippen LogP contribution in [0.4, 0.5) is 0 Å². The number of nitrogens with zero attached hydrogens (tertiary/aromatic N) is 2. The van der Waals surface area contributed by atoms with Crippen molar-refractivity contribution in [2.75, 3.05) is 0 Å². The molecule has 2 nitrogen and oxygen atoms in total. The molecule has 0 unspecified atom stereocenters. The SMILES string of the molecule is [2H]C([2H])([2H])c1cc(Br)nc(C([2H])([2H])[2H])n1. The molecule has 0 aliphatic rings. The second-order valence-electron chi connectivity index (χ2n) is 1.40. The van der Waals surface area contributed by atoms with Crippen LogP contribution in [-0.2, 0) is 0 Å². The molecule has 1 aromatic rings. The summed E-state index contributed by atoms with van der Waals surface area (Å²) in [6.07, 6.45) is 0. The molecule has 0 aliphatic carbocycles. The smallest absolute Gasteiger partial charge is 0.126 e. The van der Waals surface area contributed by atoms with E-state index in [1.165, 1.54) is 6.07 Å². The van der Waals surface area contributed by atoms with E-state index in [1.54, 1.807) is 0 Å². The molecule has 9 heavy (non-hydrogen) atoms. The Bertz CT molecular complexity index is 339. The third-order valence-corrected chi connectivity index (χ3v) is 1.10. The lowest BCUT2D eigenvalue weighted by molar-refractivity contribution is 0.993. The minimum Gasteiger partial charge on any atom is -0.238 e. The van der Waals surface area contributed by atoms with Crippen LogP contribution in [0.25, 0.3) is 0 Å². The van der Waals surface area contributed by atoms with E-state index in [2.05, 4.69) is 25.9 Å². The average molecular weight is 193 g/mol. The summed E-state index contributed by atoms with van der Waals surface area (Å²) in [5, 5.41) is 0. The lowest BCUT2D eigenvalue weighted by atomic mass is 10.4. The minimum absolute atomic E-state index is 0.148. The van der Waals surface area contributed by atoms with E-state index in [1.807, 2.05) is 0 Å². The number of aryl methyl sites for hydroxylation is 2. The van der Waals surface area contributed by atoms with Crippen LogP contribution in [0.1, 0.15) is 19.7 Å². The third-order valence-electron chi connectivity index (χ3n) is 0.695. The van der Waals surface area contributed by atoms with Crippen molar-refractivity contribution in [3.63, 3.8) is 0 Å². The van der Waals surface area contributed by atoms with Gasteiger partial charge >= 0.3 is 0 Å². The van der Waals surface area contributed by atoms with Crippen molar-refractivity contribution in [3.05, 3.63) is 22.2 Å². The summed E-state index contributed by atoms with van der Waals surface area (Å²) in [6.45, 7) is -4.95. The van der Waals surface area contributed by atoms with Crippen LogP contribution >= 0.6 is 15.9 Å². The van der Waals surface area contributed by atoms with Gasteiger partial charge in [-0.25, -0.2) is 9.97 Å². The molecule has 0 fully saturated rings. The summed E-state index contributed by atoms with van der Waals surface area (Å²) < 4.78 is 42.7. The molecular formula is C6H7BrN2. The van der Waals surface area contributed by atoms with Crippen LogP contribution < -0.4 is 0 Å². The van der Waals surface area contributed by atoms with Gasteiger partial charge in [-0.3, -0.25) is 0 Å². The van der Waals surface area contributed by atoms with Crippen molar-refractivity contribution in [3.8, 4) is 0 Å². The summed E-state index contributed by atoms with van der Waals surface area (Å²) in [6, 6.07) is 1.18. The summed E-state index contributed by atoms with van der Waals surface area (Å²) in [5.41, 5.74) is -0.282. The number of hydrogen-bond donors (Lipinski definition) is 0. The molecule has 0 aromatic carbocycles. The monoisotopic (exact) mass is 192 g/mol. The second-order valence-corrected chi connectivity index (χ2v) is 2.21. The highest BCUT2D eigenvalue weighted by Crippen LogP contribution is 2.05. The molecule has 0 N–H and O–H groups in total. The zero-order valence-corrected chi connectivity index (χ0v) is 5.94. The quantitative estimate of drug-likeness (QED) is 0.587. The fourth-order valence-electron chi connectivity index (χ4n) is 0.418. The molecule has 3 heteroatoms. The third kappa shape index (κ3) is 1.75. The average Bonchev–Trinajstić information content (AvgIpc) is 1.99. The van der Waals surface area contributed by atoms with E-state index in [-0.39, 0.29) is 10.3 Å². The molecule has 48 valence electrons. The maximum atomic E-state index is 7.11. The van der Waals surface area contributed by atoms with Gasteiger partial charge in [0.2, 0.25) is 0 Å². The van der Waals surface area contributed by atoms with Crippen molar-refractivity contribution >= 4 is 15.9 Å². The lowest BCUT2D eigenvalue weighted by Crippen LogP contribution is -1.89. The first-order chi connectivity index (χ1) is 6.60. The summed E-state index contributed by atoms with van der Waals surface area (Å²) >= 11 is 2.95. The molecule has 0 bridgehead atoms. The Morgan fingerprint density at radius 2 is 2.44 bits per heavy atom. The zero-order valence-electron chi connectivity index (χ0n) is 10.3. The first kappa shape index (κ1) is 2.31. The van der Waals surface area contributed by atoms with Crippen LogP contribution in [-0.4, -0.2) is 9.97 Å². The number of aromatic nitrogens is 2. The molecule has 0 aliphatic heterocycles. The number of rotatable bonds is 0. The molecule has 0 saturated carbocycles. The second kappa shape index (κ2) is 2.43. The van der Waals surface area contributed by atoms with Gasteiger partial charge in [0.1, 0.15) is 10.4 Å². The highest BCUT2D eigenvalue weighted by molar-refractivity contribution is 9.10. The highest BCUT2D eigenvalue weighted by atomic mass is 79.9. The molecule has 1 aromatic heterocycles. The molecule has 0 saturated heterocycles. The summed E-state index contributed by atoms with van der Waals surface area (Å²) in [5.74, 6) is -0.469. The van der Waals surface area contributed by atoms with Crippen LogP contribution in [0.5, 0.6) is 0 Å². The first-order valence-corrected chi connectivity index (χ1v) is 2.95. The fraction of sp³-hybridized carbons (Fsp3) is 0.333. The van der Waals surface area contributed by atoms with Crippen molar-refractivity contribution < 1.29 is 8.22 Å².